The number of amides is 2. The first-order valence-corrected chi connectivity index (χ1v) is 11.0. The highest BCUT2D eigenvalue weighted by Gasteiger charge is 2.27. The van der Waals surface area contributed by atoms with Crippen LogP contribution >= 0.6 is 0 Å². The summed E-state index contributed by atoms with van der Waals surface area (Å²) in [6, 6.07) is 9.55. The predicted octanol–water partition coefficient (Wildman–Crippen LogP) is 3.71. The lowest BCUT2D eigenvalue weighted by atomic mass is 9.94. The minimum atomic E-state index is -0.0727. The number of piperidine rings is 1. The van der Waals surface area contributed by atoms with Crippen molar-refractivity contribution in [1.82, 2.24) is 24.3 Å². The van der Waals surface area contributed by atoms with Gasteiger partial charge in [0.05, 0.1) is 11.0 Å². The summed E-state index contributed by atoms with van der Waals surface area (Å²) in [6.07, 6.45) is 5.95. The number of aryl methyl sites for hydroxylation is 2. The van der Waals surface area contributed by atoms with Crippen molar-refractivity contribution >= 4 is 34.2 Å². The molecule has 1 unspecified atom stereocenters. The van der Waals surface area contributed by atoms with Gasteiger partial charge in [-0.25, -0.2) is 9.97 Å². The molecule has 4 aromatic rings. The number of imidazole rings is 2. The Balaban J connectivity index is 1.22. The Kier molecular flexibility index (Phi) is 5.13. The van der Waals surface area contributed by atoms with Crippen LogP contribution in [0.4, 0.5) is 5.69 Å². The van der Waals surface area contributed by atoms with Crippen molar-refractivity contribution < 1.29 is 9.59 Å². The molecular weight excluding hydrogens is 404 g/mol. The van der Waals surface area contributed by atoms with E-state index in [1.807, 2.05) is 59.7 Å². The highest BCUT2D eigenvalue weighted by atomic mass is 16.2. The molecule has 1 aromatic carbocycles. The summed E-state index contributed by atoms with van der Waals surface area (Å²) >= 11 is 0. The Morgan fingerprint density at radius 1 is 1.16 bits per heavy atom. The lowest BCUT2D eigenvalue weighted by Crippen LogP contribution is -2.41. The lowest BCUT2D eigenvalue weighted by molar-refractivity contribution is -0.117. The van der Waals surface area contributed by atoms with Crippen molar-refractivity contribution in [3.8, 4) is 0 Å². The quantitative estimate of drug-likeness (QED) is 0.516. The monoisotopic (exact) mass is 430 g/mol. The van der Waals surface area contributed by atoms with Crippen LogP contribution in [-0.2, 0) is 4.79 Å². The van der Waals surface area contributed by atoms with Gasteiger partial charge in [-0.15, -0.1) is 0 Å². The number of aromatic nitrogens is 4. The van der Waals surface area contributed by atoms with Gasteiger partial charge in [0.15, 0.2) is 0 Å². The minimum Gasteiger partial charge on any atom is -0.342 e. The fourth-order valence-corrected chi connectivity index (χ4v) is 4.47. The van der Waals surface area contributed by atoms with Crippen LogP contribution in [0.3, 0.4) is 0 Å². The van der Waals surface area contributed by atoms with Gasteiger partial charge < -0.3 is 19.6 Å². The number of likely N-dealkylation sites (tertiary alicyclic amines) is 1. The summed E-state index contributed by atoms with van der Waals surface area (Å²) in [6.45, 7) is 5.18. The summed E-state index contributed by atoms with van der Waals surface area (Å²) < 4.78 is 1.88. The van der Waals surface area contributed by atoms with E-state index in [1.165, 1.54) is 0 Å². The highest BCUT2D eigenvalue weighted by Crippen LogP contribution is 2.23. The molecule has 1 aliphatic heterocycles. The second-order valence-corrected chi connectivity index (χ2v) is 8.66. The van der Waals surface area contributed by atoms with Crippen molar-refractivity contribution in [2.45, 2.75) is 33.1 Å². The van der Waals surface area contributed by atoms with Gasteiger partial charge in [0, 0.05) is 37.6 Å². The molecule has 0 saturated carbocycles. The zero-order valence-electron chi connectivity index (χ0n) is 18.3. The number of hydrogen-bond donors (Lipinski definition) is 2. The van der Waals surface area contributed by atoms with E-state index in [9.17, 15) is 9.59 Å². The fraction of sp³-hybridized carbons (Fsp3) is 0.333. The molecule has 0 spiro atoms. The highest BCUT2D eigenvalue weighted by molar-refractivity contribution is 5.94. The second-order valence-electron chi connectivity index (χ2n) is 8.66. The molecule has 8 nitrogen and oxygen atoms in total. The number of nitrogens with one attached hydrogen (secondary N) is 2. The van der Waals surface area contributed by atoms with Crippen molar-refractivity contribution in [3.63, 3.8) is 0 Å². The van der Waals surface area contributed by atoms with Crippen LogP contribution in [0.2, 0.25) is 0 Å². The average molecular weight is 431 g/mol. The number of nitrogens with zero attached hydrogens (tertiary/aromatic N) is 4. The normalized spacial score (nSPS) is 16.6. The van der Waals surface area contributed by atoms with Gasteiger partial charge in [-0.3, -0.25) is 9.59 Å². The van der Waals surface area contributed by atoms with Crippen LogP contribution in [0.1, 0.15) is 41.1 Å². The molecule has 5 rings (SSSR count). The predicted molar refractivity (Wildman–Crippen MR) is 123 cm³/mol. The van der Waals surface area contributed by atoms with Crippen LogP contribution in [0.15, 0.2) is 42.7 Å². The summed E-state index contributed by atoms with van der Waals surface area (Å²) in [5, 5.41) is 2.98. The molecule has 0 aliphatic carbocycles. The van der Waals surface area contributed by atoms with Gasteiger partial charge >= 0.3 is 0 Å². The zero-order valence-corrected chi connectivity index (χ0v) is 18.3. The van der Waals surface area contributed by atoms with E-state index in [0.29, 0.717) is 25.2 Å². The molecule has 0 radical (unpaired) electrons. The second kappa shape index (κ2) is 8.11. The molecule has 164 valence electrons. The number of benzene rings is 1. The molecule has 2 amide bonds. The molecule has 3 aromatic heterocycles. The van der Waals surface area contributed by atoms with Crippen LogP contribution in [0, 0.1) is 19.8 Å². The van der Waals surface area contributed by atoms with Gasteiger partial charge in [-0.2, -0.15) is 0 Å². The smallest absolute Gasteiger partial charge is 0.274 e. The van der Waals surface area contributed by atoms with Crippen LogP contribution in [-0.4, -0.2) is 49.2 Å². The maximum absolute atomic E-state index is 13.0. The molecule has 8 heteroatoms. The molecule has 1 aliphatic rings. The third-order valence-corrected chi connectivity index (χ3v) is 5.98. The van der Waals surface area contributed by atoms with Crippen LogP contribution in [0.5, 0.6) is 0 Å². The van der Waals surface area contributed by atoms with Crippen molar-refractivity contribution in [2.75, 3.05) is 18.4 Å². The topological polar surface area (TPSA) is 95.4 Å². The number of carbonyl (C=O) groups excluding carboxylic acids is 2. The molecule has 2 N–H and O–H groups in total. The molecule has 0 bridgehead atoms. The summed E-state index contributed by atoms with van der Waals surface area (Å²) in [7, 11) is 0. The van der Waals surface area contributed by atoms with E-state index in [2.05, 4.69) is 20.3 Å². The number of hydrogen-bond acceptors (Lipinski definition) is 4. The lowest BCUT2D eigenvalue weighted by Gasteiger charge is -2.32. The summed E-state index contributed by atoms with van der Waals surface area (Å²) in [5.74, 6) is 0.862. The number of anilines is 1. The maximum Gasteiger partial charge on any atom is 0.274 e. The number of H-pyrrole nitrogens is 1. The number of aromatic amines is 1. The minimum absolute atomic E-state index is 0.0388. The van der Waals surface area contributed by atoms with Crippen LogP contribution in [0.25, 0.3) is 16.7 Å². The van der Waals surface area contributed by atoms with Crippen molar-refractivity contribution in [3.05, 3.63) is 59.8 Å². The summed E-state index contributed by atoms with van der Waals surface area (Å²) in [5.41, 5.74) is 4.84. The van der Waals surface area contributed by atoms with Gasteiger partial charge in [0.1, 0.15) is 17.2 Å². The number of rotatable bonds is 4. The summed E-state index contributed by atoms with van der Waals surface area (Å²) in [4.78, 5) is 39.6. The van der Waals surface area contributed by atoms with E-state index in [4.69, 9.17) is 0 Å². The number of carbonyl (C=O) groups is 2. The molecule has 1 saturated heterocycles. The average Bonchev–Trinajstić information content (AvgIpc) is 3.35. The number of fused-ring (bicyclic) bond motifs is 2. The van der Waals surface area contributed by atoms with Gasteiger partial charge in [-0.05, 0) is 62.4 Å². The Morgan fingerprint density at radius 2 is 2.03 bits per heavy atom. The van der Waals surface area contributed by atoms with E-state index >= 15 is 0 Å². The van der Waals surface area contributed by atoms with Gasteiger partial charge in [0.25, 0.3) is 5.91 Å². The third kappa shape index (κ3) is 4.08. The van der Waals surface area contributed by atoms with Gasteiger partial charge in [-0.1, -0.05) is 6.07 Å². The fourth-order valence-electron chi connectivity index (χ4n) is 4.47. The van der Waals surface area contributed by atoms with Crippen molar-refractivity contribution in [1.29, 1.82) is 0 Å². The standard InChI is InChI=1S/C24H26N6O2/c1-15-5-8-22-28-21(14-30(22)12-15)24(32)29-9-3-4-17(13-29)10-23(31)27-18-6-7-19-20(11-18)26-16(2)25-19/h5-8,11-12,14,17H,3-4,9-10,13H2,1-2H3,(H,25,26)(H,27,31). The van der Waals surface area contributed by atoms with E-state index in [0.717, 1.165) is 46.6 Å². The molecule has 1 atom stereocenters. The molecule has 1 fully saturated rings. The first kappa shape index (κ1) is 20.2. The van der Waals surface area contributed by atoms with Crippen molar-refractivity contribution in [2.24, 2.45) is 5.92 Å². The van der Waals surface area contributed by atoms with E-state index in [-0.39, 0.29) is 17.7 Å². The van der Waals surface area contributed by atoms with E-state index < -0.39 is 0 Å². The van der Waals surface area contributed by atoms with E-state index in [1.54, 1.807) is 6.20 Å². The molecular formula is C24H26N6O2. The first-order chi connectivity index (χ1) is 15.4. The Morgan fingerprint density at radius 3 is 2.91 bits per heavy atom. The van der Waals surface area contributed by atoms with Gasteiger partial charge in [0.2, 0.25) is 5.91 Å². The van der Waals surface area contributed by atoms with Crippen LogP contribution < -0.4 is 5.32 Å². The zero-order chi connectivity index (χ0) is 22.2. The first-order valence-electron chi connectivity index (χ1n) is 11.0. The largest absolute Gasteiger partial charge is 0.342 e. The number of pyridine rings is 1. The molecule has 4 heterocycles. The Hall–Kier alpha value is -3.68. The maximum atomic E-state index is 13.0. The molecule has 32 heavy (non-hydrogen) atoms. The third-order valence-electron chi connectivity index (χ3n) is 5.98. The Labute approximate surface area is 185 Å². The SMILES string of the molecule is Cc1ccc2nc(C(=O)N3CCCC(CC(=O)Nc4ccc5nc(C)[nH]c5c4)C3)cn2c1. The Bertz CT molecular complexity index is 1320.